The van der Waals surface area contributed by atoms with Gasteiger partial charge in [-0.2, -0.15) is 0 Å². The molecule has 2 aromatic carbocycles. The summed E-state index contributed by atoms with van der Waals surface area (Å²) in [6, 6.07) is 15.7. The molecular weight excluding hydrogens is 428 g/mol. The fourth-order valence-electron chi connectivity index (χ4n) is 5.46. The first-order valence-corrected chi connectivity index (χ1v) is 12.9. The molecule has 4 heteroatoms. The number of fused-ring (bicyclic) bond motifs is 1. The largest absolute Gasteiger partial charge is 0.371 e. The van der Waals surface area contributed by atoms with Crippen molar-refractivity contribution in [1.29, 1.82) is 0 Å². The van der Waals surface area contributed by atoms with Crippen molar-refractivity contribution >= 4 is 5.70 Å². The minimum Gasteiger partial charge on any atom is -0.371 e. The van der Waals surface area contributed by atoms with Gasteiger partial charge in [0.1, 0.15) is 5.82 Å². The van der Waals surface area contributed by atoms with E-state index < -0.39 is 0 Å². The van der Waals surface area contributed by atoms with E-state index in [1.165, 1.54) is 33.6 Å². The summed E-state index contributed by atoms with van der Waals surface area (Å²) in [4.78, 5) is 13.6. The summed E-state index contributed by atoms with van der Waals surface area (Å²) >= 11 is 0. The number of benzene rings is 2. The Morgan fingerprint density at radius 1 is 1.11 bits per heavy atom. The first-order chi connectivity index (χ1) is 16.9. The molecule has 1 N–H and O–H groups in total. The highest BCUT2D eigenvalue weighted by atomic mass is 15.2. The number of nitrogens with zero attached hydrogens (tertiary/aromatic N) is 3. The van der Waals surface area contributed by atoms with Gasteiger partial charge in [-0.05, 0) is 74.4 Å². The van der Waals surface area contributed by atoms with Crippen molar-refractivity contribution < 1.29 is 0 Å². The van der Waals surface area contributed by atoms with Gasteiger partial charge in [0.2, 0.25) is 0 Å². The number of piperidine rings is 1. The molecule has 0 radical (unpaired) electrons. The lowest BCUT2D eigenvalue weighted by atomic mass is 9.88. The standard InChI is InChI=1S/C31H36N4/c1-6-24-8-11-25(12-9-24)26-13-16-34(17-14-26)23(5)27-10-7-22(4)28(19-27)31-32-29-15-18-35(21(2)3)20-30(29)33-31/h1,7-12,19,21,26H,5,13-18,20H2,2-4H3,(H,32,33). The molecule has 1 saturated heterocycles. The second-order valence-corrected chi connectivity index (χ2v) is 10.3. The Morgan fingerprint density at radius 3 is 2.54 bits per heavy atom. The summed E-state index contributed by atoms with van der Waals surface area (Å²) in [5, 5.41) is 0. The van der Waals surface area contributed by atoms with E-state index >= 15 is 0 Å². The summed E-state index contributed by atoms with van der Waals surface area (Å²) in [5.74, 6) is 4.28. The van der Waals surface area contributed by atoms with Gasteiger partial charge in [-0.15, -0.1) is 6.42 Å². The number of imidazole rings is 1. The third kappa shape index (κ3) is 4.79. The molecule has 0 bridgehead atoms. The number of aromatic amines is 1. The van der Waals surface area contributed by atoms with Crippen LogP contribution in [0.5, 0.6) is 0 Å². The Morgan fingerprint density at radius 2 is 1.86 bits per heavy atom. The Kier molecular flexibility index (Phi) is 6.54. The van der Waals surface area contributed by atoms with Crippen LogP contribution in [0.25, 0.3) is 17.1 Å². The molecule has 0 atom stereocenters. The van der Waals surface area contributed by atoms with E-state index in [0.717, 1.165) is 62.5 Å². The lowest BCUT2D eigenvalue weighted by Gasteiger charge is -2.35. The van der Waals surface area contributed by atoms with Gasteiger partial charge in [0.25, 0.3) is 0 Å². The van der Waals surface area contributed by atoms with Crippen LogP contribution in [0.15, 0.2) is 49.0 Å². The zero-order chi connectivity index (χ0) is 24.5. The smallest absolute Gasteiger partial charge is 0.138 e. The normalized spacial score (nSPS) is 16.8. The minimum atomic E-state index is 0.551. The predicted molar refractivity (Wildman–Crippen MR) is 145 cm³/mol. The first kappa shape index (κ1) is 23.5. The van der Waals surface area contributed by atoms with E-state index in [2.05, 4.69) is 90.5 Å². The quantitative estimate of drug-likeness (QED) is 0.472. The molecule has 2 aliphatic rings. The molecule has 0 unspecified atom stereocenters. The van der Waals surface area contributed by atoms with Crippen LogP contribution in [-0.2, 0) is 13.0 Å². The fourth-order valence-corrected chi connectivity index (χ4v) is 5.46. The molecule has 0 spiro atoms. The predicted octanol–water partition coefficient (Wildman–Crippen LogP) is 5.98. The molecular formula is C31H36N4. The first-order valence-electron chi connectivity index (χ1n) is 12.9. The Labute approximate surface area is 210 Å². The summed E-state index contributed by atoms with van der Waals surface area (Å²) < 4.78 is 0. The third-order valence-electron chi connectivity index (χ3n) is 7.84. The van der Waals surface area contributed by atoms with Crippen molar-refractivity contribution in [3.63, 3.8) is 0 Å². The summed E-state index contributed by atoms with van der Waals surface area (Å²) in [5.41, 5.74) is 9.53. The molecule has 0 saturated carbocycles. The van der Waals surface area contributed by atoms with Crippen LogP contribution in [0.4, 0.5) is 0 Å². The number of rotatable bonds is 5. The third-order valence-corrected chi connectivity index (χ3v) is 7.84. The van der Waals surface area contributed by atoms with Crippen molar-refractivity contribution in [2.45, 2.75) is 58.5 Å². The van der Waals surface area contributed by atoms with Crippen LogP contribution < -0.4 is 0 Å². The molecule has 35 heavy (non-hydrogen) atoms. The summed E-state index contributed by atoms with van der Waals surface area (Å²) in [7, 11) is 0. The lowest BCUT2D eigenvalue weighted by molar-refractivity contribution is 0.200. The van der Waals surface area contributed by atoms with Gasteiger partial charge in [0.15, 0.2) is 0 Å². The number of H-pyrrole nitrogens is 1. The van der Waals surface area contributed by atoms with Crippen LogP contribution in [0.1, 0.15) is 66.2 Å². The van der Waals surface area contributed by atoms with Gasteiger partial charge in [-0.1, -0.05) is 36.8 Å². The fraction of sp³-hybridized carbons (Fsp3) is 0.387. The van der Waals surface area contributed by atoms with Crippen molar-refractivity contribution in [2.75, 3.05) is 19.6 Å². The highest BCUT2D eigenvalue weighted by molar-refractivity contribution is 5.70. The Bertz CT molecular complexity index is 1250. The Hall–Kier alpha value is -3.29. The SMILES string of the molecule is C#Cc1ccc(C2CCN(C(=C)c3ccc(C)c(-c4nc5c([nH]4)CN(C(C)C)CC5)c3)CC2)cc1. The highest BCUT2D eigenvalue weighted by Gasteiger charge is 2.24. The number of aromatic nitrogens is 2. The minimum absolute atomic E-state index is 0.551. The number of likely N-dealkylation sites (tertiary alicyclic amines) is 1. The van der Waals surface area contributed by atoms with E-state index in [9.17, 15) is 0 Å². The van der Waals surface area contributed by atoms with E-state index in [1.807, 2.05) is 0 Å². The van der Waals surface area contributed by atoms with E-state index in [0.29, 0.717) is 12.0 Å². The van der Waals surface area contributed by atoms with Crippen molar-refractivity contribution in [1.82, 2.24) is 19.8 Å². The number of aryl methyl sites for hydroxylation is 1. The van der Waals surface area contributed by atoms with Crippen LogP contribution in [0.2, 0.25) is 0 Å². The molecule has 180 valence electrons. The number of hydrogen-bond acceptors (Lipinski definition) is 3. The van der Waals surface area contributed by atoms with Crippen LogP contribution in [0.3, 0.4) is 0 Å². The van der Waals surface area contributed by atoms with Gasteiger partial charge in [-0.25, -0.2) is 4.98 Å². The molecule has 2 aliphatic heterocycles. The average molecular weight is 465 g/mol. The van der Waals surface area contributed by atoms with Gasteiger partial charge in [0, 0.05) is 55.5 Å². The van der Waals surface area contributed by atoms with Crippen LogP contribution >= 0.6 is 0 Å². The zero-order valence-electron chi connectivity index (χ0n) is 21.3. The van der Waals surface area contributed by atoms with Crippen molar-refractivity contribution in [2.24, 2.45) is 0 Å². The topological polar surface area (TPSA) is 35.2 Å². The summed E-state index contributed by atoms with van der Waals surface area (Å²) in [6.07, 6.45) is 8.78. The second-order valence-electron chi connectivity index (χ2n) is 10.3. The molecule has 3 aromatic rings. The number of terminal acetylenes is 1. The van der Waals surface area contributed by atoms with E-state index in [-0.39, 0.29) is 0 Å². The highest BCUT2D eigenvalue weighted by Crippen LogP contribution is 2.33. The monoisotopic (exact) mass is 464 g/mol. The zero-order valence-corrected chi connectivity index (χ0v) is 21.3. The second kappa shape index (κ2) is 9.76. The number of hydrogen-bond donors (Lipinski definition) is 1. The molecule has 5 rings (SSSR count). The molecule has 4 nitrogen and oxygen atoms in total. The molecule has 3 heterocycles. The van der Waals surface area contributed by atoms with Gasteiger partial charge in [0.05, 0.1) is 11.4 Å². The summed E-state index contributed by atoms with van der Waals surface area (Å²) in [6.45, 7) is 15.3. The van der Waals surface area contributed by atoms with Crippen molar-refractivity contribution in [3.05, 3.63) is 82.7 Å². The van der Waals surface area contributed by atoms with E-state index in [4.69, 9.17) is 11.4 Å². The Balaban J connectivity index is 1.29. The van der Waals surface area contributed by atoms with Gasteiger partial charge >= 0.3 is 0 Å². The molecule has 0 aliphatic carbocycles. The average Bonchev–Trinajstić information content (AvgIpc) is 3.32. The van der Waals surface area contributed by atoms with E-state index in [1.54, 1.807) is 0 Å². The maximum Gasteiger partial charge on any atom is 0.138 e. The maximum absolute atomic E-state index is 5.51. The van der Waals surface area contributed by atoms with Crippen molar-refractivity contribution in [3.8, 4) is 23.7 Å². The lowest BCUT2D eigenvalue weighted by Crippen LogP contribution is -2.35. The number of nitrogens with one attached hydrogen (secondary N) is 1. The van der Waals surface area contributed by atoms with Gasteiger partial charge < -0.3 is 9.88 Å². The molecule has 1 fully saturated rings. The van der Waals surface area contributed by atoms with Gasteiger partial charge in [-0.3, -0.25) is 4.90 Å². The molecule has 1 aromatic heterocycles. The van der Waals surface area contributed by atoms with Crippen LogP contribution in [-0.4, -0.2) is 45.4 Å². The maximum atomic E-state index is 5.51. The molecule has 0 amide bonds. The van der Waals surface area contributed by atoms with Crippen LogP contribution in [0, 0.1) is 19.3 Å².